The number of esters is 1. The molecule has 0 unspecified atom stereocenters. The third-order valence-corrected chi connectivity index (χ3v) is 5.04. The molecule has 0 saturated heterocycles. The second-order valence-corrected chi connectivity index (χ2v) is 7.51. The van der Waals surface area contributed by atoms with Crippen LogP contribution in [0.1, 0.15) is 5.56 Å². The fraction of sp³-hybridized carbons (Fsp3) is 0.0870. The van der Waals surface area contributed by atoms with E-state index in [0.717, 1.165) is 17.3 Å². The quantitative estimate of drug-likeness (QED) is 0.174. The summed E-state index contributed by atoms with van der Waals surface area (Å²) in [5.74, 6) is 0.165. The molecule has 9 heteroatoms. The lowest BCUT2D eigenvalue weighted by Crippen LogP contribution is -2.10. The van der Waals surface area contributed by atoms with Gasteiger partial charge >= 0.3 is 5.97 Å². The van der Waals surface area contributed by atoms with Gasteiger partial charge in [-0.15, -0.1) is 10.2 Å². The van der Waals surface area contributed by atoms with Gasteiger partial charge in [0.05, 0.1) is 0 Å². The van der Waals surface area contributed by atoms with Crippen LogP contribution in [0, 0.1) is 0 Å². The van der Waals surface area contributed by atoms with Crippen LogP contribution in [-0.2, 0) is 11.4 Å². The van der Waals surface area contributed by atoms with E-state index in [4.69, 9.17) is 13.9 Å². The van der Waals surface area contributed by atoms with Gasteiger partial charge in [0.15, 0.2) is 11.5 Å². The van der Waals surface area contributed by atoms with E-state index in [-0.39, 0.29) is 28.4 Å². The molecule has 1 heterocycles. The zero-order chi connectivity index (χ0) is 22.3. The lowest BCUT2D eigenvalue weighted by molar-refractivity contribution is -0.131. The molecule has 4 aromatic rings. The Kier molecular flexibility index (Phi) is 6.57. The van der Waals surface area contributed by atoms with E-state index in [1.807, 2.05) is 30.3 Å². The summed E-state index contributed by atoms with van der Waals surface area (Å²) < 4.78 is 16.5. The standard InChI is InChI=1S/C23H18N2O6S/c26-19-11-6-16(12-20(19)27)22-24-25-23(31-22)32-14-21(28)30-18-9-7-17(8-10-18)29-13-15-4-2-1-3-5-15/h1-12,26-27H,13-14H2. The molecule has 0 spiro atoms. The summed E-state index contributed by atoms with van der Waals surface area (Å²) in [6.07, 6.45) is 0. The summed E-state index contributed by atoms with van der Waals surface area (Å²) in [5, 5.41) is 26.8. The highest BCUT2D eigenvalue weighted by Crippen LogP contribution is 2.31. The Morgan fingerprint density at radius 1 is 0.906 bits per heavy atom. The largest absolute Gasteiger partial charge is 0.504 e. The van der Waals surface area contributed by atoms with E-state index >= 15 is 0 Å². The Morgan fingerprint density at radius 2 is 1.66 bits per heavy atom. The highest BCUT2D eigenvalue weighted by atomic mass is 32.2. The number of phenols is 2. The molecule has 0 radical (unpaired) electrons. The molecule has 0 aliphatic carbocycles. The monoisotopic (exact) mass is 450 g/mol. The van der Waals surface area contributed by atoms with Crippen LogP contribution in [0.15, 0.2) is 82.4 Å². The predicted molar refractivity (Wildman–Crippen MR) is 117 cm³/mol. The summed E-state index contributed by atoms with van der Waals surface area (Å²) >= 11 is 1.03. The zero-order valence-electron chi connectivity index (χ0n) is 16.7. The molecule has 3 aromatic carbocycles. The van der Waals surface area contributed by atoms with Gasteiger partial charge in [0, 0.05) is 5.56 Å². The first-order valence-corrected chi connectivity index (χ1v) is 10.5. The Labute approximate surface area is 187 Å². The van der Waals surface area contributed by atoms with E-state index in [9.17, 15) is 15.0 Å². The first-order chi connectivity index (χ1) is 15.6. The molecule has 8 nitrogen and oxygen atoms in total. The van der Waals surface area contributed by atoms with Crippen molar-refractivity contribution in [3.63, 3.8) is 0 Å². The molecular weight excluding hydrogens is 432 g/mol. The van der Waals surface area contributed by atoms with Gasteiger partial charge in [0.1, 0.15) is 23.9 Å². The molecule has 0 aliphatic rings. The summed E-state index contributed by atoms with van der Waals surface area (Å²) in [6.45, 7) is 0.451. The van der Waals surface area contributed by atoms with Crippen LogP contribution in [0.4, 0.5) is 0 Å². The van der Waals surface area contributed by atoms with Crippen LogP contribution in [0.25, 0.3) is 11.5 Å². The maximum absolute atomic E-state index is 12.1. The van der Waals surface area contributed by atoms with E-state index in [0.29, 0.717) is 23.7 Å². The van der Waals surface area contributed by atoms with Crippen molar-refractivity contribution < 1.29 is 28.9 Å². The maximum atomic E-state index is 12.1. The first-order valence-electron chi connectivity index (χ1n) is 9.53. The number of hydrogen-bond donors (Lipinski definition) is 2. The van der Waals surface area contributed by atoms with Crippen LogP contribution < -0.4 is 9.47 Å². The summed E-state index contributed by atoms with van der Waals surface area (Å²) in [6, 6.07) is 20.7. The number of aromatic nitrogens is 2. The van der Waals surface area contributed by atoms with Gasteiger partial charge in [-0.2, -0.15) is 0 Å². The SMILES string of the molecule is O=C(CSc1nnc(-c2ccc(O)c(O)c2)o1)Oc1ccc(OCc2ccccc2)cc1. The van der Waals surface area contributed by atoms with Crippen molar-refractivity contribution in [3.8, 4) is 34.5 Å². The summed E-state index contributed by atoms with van der Waals surface area (Å²) in [4.78, 5) is 12.1. The highest BCUT2D eigenvalue weighted by molar-refractivity contribution is 7.99. The van der Waals surface area contributed by atoms with Gasteiger partial charge in [0.2, 0.25) is 5.89 Å². The lowest BCUT2D eigenvalue weighted by Gasteiger charge is -2.07. The predicted octanol–water partition coefficient (Wildman–Crippen LogP) is 4.42. The molecule has 0 atom stereocenters. The van der Waals surface area contributed by atoms with Crippen LogP contribution in [0.2, 0.25) is 0 Å². The number of aromatic hydroxyl groups is 2. The Hall–Kier alpha value is -3.98. The Bertz CT molecular complexity index is 1190. The minimum absolute atomic E-state index is 0.0330. The third kappa shape index (κ3) is 5.58. The zero-order valence-corrected chi connectivity index (χ0v) is 17.5. The third-order valence-electron chi connectivity index (χ3n) is 4.25. The lowest BCUT2D eigenvalue weighted by atomic mass is 10.2. The number of hydrogen-bond acceptors (Lipinski definition) is 9. The molecule has 162 valence electrons. The molecule has 32 heavy (non-hydrogen) atoms. The Morgan fingerprint density at radius 3 is 2.41 bits per heavy atom. The van der Waals surface area contributed by atoms with E-state index in [2.05, 4.69) is 10.2 Å². The number of phenolic OH excluding ortho intramolecular Hbond substituents is 2. The van der Waals surface area contributed by atoms with Gasteiger partial charge in [-0.1, -0.05) is 42.1 Å². The van der Waals surface area contributed by atoms with E-state index in [1.54, 1.807) is 24.3 Å². The van der Waals surface area contributed by atoms with Crippen LogP contribution >= 0.6 is 11.8 Å². The van der Waals surface area contributed by atoms with Gasteiger partial charge in [0.25, 0.3) is 5.22 Å². The first kappa shape index (κ1) is 21.3. The minimum atomic E-state index is -0.477. The molecule has 0 aliphatic heterocycles. The molecule has 4 rings (SSSR count). The van der Waals surface area contributed by atoms with E-state index < -0.39 is 5.97 Å². The van der Waals surface area contributed by atoms with Gasteiger partial charge in [-0.05, 0) is 48.0 Å². The number of carbonyl (C=O) groups is 1. The molecule has 1 aromatic heterocycles. The van der Waals surface area contributed by atoms with Crippen molar-refractivity contribution in [2.24, 2.45) is 0 Å². The molecule has 0 fully saturated rings. The fourth-order valence-electron chi connectivity index (χ4n) is 2.67. The van der Waals surface area contributed by atoms with Crippen molar-refractivity contribution in [1.29, 1.82) is 0 Å². The summed E-state index contributed by atoms with van der Waals surface area (Å²) in [7, 11) is 0. The number of nitrogens with zero attached hydrogens (tertiary/aromatic N) is 2. The minimum Gasteiger partial charge on any atom is -0.504 e. The average molecular weight is 450 g/mol. The molecule has 0 bridgehead atoms. The number of rotatable bonds is 8. The number of carbonyl (C=O) groups excluding carboxylic acids is 1. The molecule has 2 N–H and O–H groups in total. The van der Waals surface area contributed by atoms with Gasteiger partial charge in [-0.3, -0.25) is 4.79 Å². The summed E-state index contributed by atoms with van der Waals surface area (Å²) in [5.41, 5.74) is 1.50. The number of benzene rings is 3. The average Bonchev–Trinajstić information content (AvgIpc) is 3.29. The number of thioether (sulfide) groups is 1. The van der Waals surface area contributed by atoms with Gasteiger partial charge < -0.3 is 24.1 Å². The highest BCUT2D eigenvalue weighted by Gasteiger charge is 2.14. The van der Waals surface area contributed by atoms with Crippen molar-refractivity contribution in [2.45, 2.75) is 11.8 Å². The maximum Gasteiger partial charge on any atom is 0.321 e. The topological polar surface area (TPSA) is 115 Å². The van der Waals surface area contributed by atoms with E-state index in [1.165, 1.54) is 18.2 Å². The second kappa shape index (κ2) is 9.88. The smallest absolute Gasteiger partial charge is 0.321 e. The van der Waals surface area contributed by atoms with Crippen LogP contribution in [0.3, 0.4) is 0 Å². The van der Waals surface area contributed by atoms with Crippen LogP contribution in [-0.4, -0.2) is 32.1 Å². The van der Waals surface area contributed by atoms with Crippen molar-refractivity contribution >= 4 is 17.7 Å². The fourth-order valence-corrected chi connectivity index (χ4v) is 3.20. The van der Waals surface area contributed by atoms with Crippen LogP contribution in [0.5, 0.6) is 23.0 Å². The van der Waals surface area contributed by atoms with Crippen molar-refractivity contribution in [1.82, 2.24) is 10.2 Å². The second-order valence-electron chi connectivity index (χ2n) is 6.59. The molecule has 0 amide bonds. The number of ether oxygens (including phenoxy) is 2. The Balaban J connectivity index is 1.26. The molecule has 0 saturated carbocycles. The van der Waals surface area contributed by atoms with Gasteiger partial charge in [-0.25, -0.2) is 0 Å². The normalized spacial score (nSPS) is 10.6. The van der Waals surface area contributed by atoms with Crippen molar-refractivity contribution in [2.75, 3.05) is 5.75 Å². The molecular formula is C23H18N2O6S. The van der Waals surface area contributed by atoms with Crippen molar-refractivity contribution in [3.05, 3.63) is 78.4 Å².